The van der Waals surface area contributed by atoms with Gasteiger partial charge in [-0.1, -0.05) is 59.6 Å². The molecule has 3 N–H and O–H groups in total. The lowest BCUT2D eigenvalue weighted by molar-refractivity contribution is 0.0935. The average Bonchev–Trinajstić information content (AvgIpc) is 2.47. The second-order valence-corrected chi connectivity index (χ2v) is 5.87. The quantitative estimate of drug-likeness (QED) is 0.792. The van der Waals surface area contributed by atoms with Gasteiger partial charge in [-0.2, -0.15) is 0 Å². The first-order chi connectivity index (χ1) is 10.1. The van der Waals surface area contributed by atoms with Crippen molar-refractivity contribution in [3.63, 3.8) is 0 Å². The third-order valence-corrected chi connectivity index (χ3v) is 3.84. The summed E-state index contributed by atoms with van der Waals surface area (Å²) in [6.07, 6.45) is 1.89. The van der Waals surface area contributed by atoms with Crippen LogP contribution in [0.1, 0.15) is 41.7 Å². The van der Waals surface area contributed by atoms with E-state index in [2.05, 4.69) is 28.2 Å². The van der Waals surface area contributed by atoms with Crippen molar-refractivity contribution in [2.45, 2.75) is 25.8 Å². The van der Waals surface area contributed by atoms with Gasteiger partial charge < -0.3 is 11.1 Å². The topological polar surface area (TPSA) is 55.1 Å². The number of nitrogen functional groups attached to an aromatic ring is 1. The zero-order chi connectivity index (χ0) is 15.2. The molecular formula is C17H19BrN2O. The number of halogens is 1. The van der Waals surface area contributed by atoms with E-state index in [4.69, 9.17) is 5.73 Å². The van der Waals surface area contributed by atoms with Gasteiger partial charge in [-0.3, -0.25) is 4.79 Å². The number of nitrogens with one attached hydrogen (secondary N) is 1. The standard InChI is InChI=1S/C17H19BrN2O/c1-2-6-16(12-7-4-3-5-8-12)20-17(21)14-10-9-13(18)11-15(14)19/h3-5,7-11,16H,2,6,19H2,1H3,(H,20,21). The Balaban J connectivity index is 2.18. The Hall–Kier alpha value is -1.81. The molecule has 1 amide bonds. The van der Waals surface area contributed by atoms with Gasteiger partial charge in [-0.05, 0) is 30.2 Å². The van der Waals surface area contributed by atoms with E-state index in [1.165, 1.54) is 0 Å². The fourth-order valence-electron chi connectivity index (χ4n) is 2.27. The minimum atomic E-state index is -0.137. The normalized spacial score (nSPS) is 11.9. The van der Waals surface area contributed by atoms with Crippen LogP contribution in [-0.2, 0) is 0 Å². The van der Waals surface area contributed by atoms with Crippen molar-refractivity contribution in [3.8, 4) is 0 Å². The van der Waals surface area contributed by atoms with E-state index in [-0.39, 0.29) is 11.9 Å². The summed E-state index contributed by atoms with van der Waals surface area (Å²) in [5.74, 6) is -0.137. The first-order valence-corrected chi connectivity index (χ1v) is 7.82. The van der Waals surface area contributed by atoms with Gasteiger partial charge >= 0.3 is 0 Å². The van der Waals surface area contributed by atoms with Crippen molar-refractivity contribution < 1.29 is 4.79 Å². The first kappa shape index (κ1) is 15.6. The molecule has 0 bridgehead atoms. The number of anilines is 1. The van der Waals surface area contributed by atoms with Crippen molar-refractivity contribution in [1.29, 1.82) is 0 Å². The number of rotatable bonds is 5. The van der Waals surface area contributed by atoms with E-state index in [0.717, 1.165) is 22.9 Å². The van der Waals surface area contributed by atoms with Crippen LogP contribution in [0.3, 0.4) is 0 Å². The van der Waals surface area contributed by atoms with E-state index in [1.54, 1.807) is 12.1 Å². The Morgan fingerprint density at radius 3 is 2.57 bits per heavy atom. The molecule has 1 atom stereocenters. The van der Waals surface area contributed by atoms with Crippen LogP contribution in [0.4, 0.5) is 5.69 Å². The molecule has 0 aliphatic rings. The summed E-state index contributed by atoms with van der Waals surface area (Å²) in [5.41, 5.74) is 8.02. The lowest BCUT2D eigenvalue weighted by atomic mass is 10.0. The second-order valence-electron chi connectivity index (χ2n) is 4.96. The number of carbonyl (C=O) groups excluding carboxylic acids is 1. The lowest BCUT2D eigenvalue weighted by Crippen LogP contribution is -2.29. The molecule has 2 rings (SSSR count). The Morgan fingerprint density at radius 2 is 1.95 bits per heavy atom. The summed E-state index contributed by atoms with van der Waals surface area (Å²) < 4.78 is 0.865. The summed E-state index contributed by atoms with van der Waals surface area (Å²) in [6.45, 7) is 2.11. The maximum Gasteiger partial charge on any atom is 0.253 e. The summed E-state index contributed by atoms with van der Waals surface area (Å²) in [6, 6.07) is 15.3. The van der Waals surface area contributed by atoms with Crippen LogP contribution in [0, 0.1) is 0 Å². The largest absolute Gasteiger partial charge is 0.398 e. The molecule has 2 aromatic carbocycles. The third kappa shape index (κ3) is 4.08. The van der Waals surface area contributed by atoms with Gasteiger partial charge in [0.15, 0.2) is 0 Å². The molecule has 4 heteroatoms. The van der Waals surface area contributed by atoms with Crippen LogP contribution in [0.5, 0.6) is 0 Å². The van der Waals surface area contributed by atoms with Gasteiger partial charge in [0.1, 0.15) is 0 Å². The molecule has 0 saturated carbocycles. The van der Waals surface area contributed by atoms with Crippen molar-refractivity contribution in [3.05, 3.63) is 64.1 Å². The SMILES string of the molecule is CCCC(NC(=O)c1ccc(Br)cc1N)c1ccccc1. The molecule has 0 fully saturated rings. The maximum absolute atomic E-state index is 12.4. The number of hydrogen-bond acceptors (Lipinski definition) is 2. The van der Waals surface area contributed by atoms with E-state index in [0.29, 0.717) is 11.3 Å². The Labute approximate surface area is 133 Å². The first-order valence-electron chi connectivity index (χ1n) is 7.02. The molecule has 3 nitrogen and oxygen atoms in total. The highest BCUT2D eigenvalue weighted by atomic mass is 79.9. The highest BCUT2D eigenvalue weighted by Gasteiger charge is 2.16. The van der Waals surface area contributed by atoms with E-state index in [1.807, 2.05) is 36.4 Å². The van der Waals surface area contributed by atoms with E-state index < -0.39 is 0 Å². The van der Waals surface area contributed by atoms with E-state index >= 15 is 0 Å². The summed E-state index contributed by atoms with van der Waals surface area (Å²) in [4.78, 5) is 12.4. The zero-order valence-electron chi connectivity index (χ0n) is 12.0. The summed E-state index contributed by atoms with van der Waals surface area (Å²) >= 11 is 3.35. The minimum Gasteiger partial charge on any atom is -0.398 e. The van der Waals surface area contributed by atoms with Crippen LogP contribution in [0.15, 0.2) is 53.0 Å². The maximum atomic E-state index is 12.4. The average molecular weight is 347 g/mol. The zero-order valence-corrected chi connectivity index (χ0v) is 13.6. The number of hydrogen-bond donors (Lipinski definition) is 2. The Bertz CT molecular complexity index is 613. The molecule has 110 valence electrons. The fraction of sp³-hybridized carbons (Fsp3) is 0.235. The van der Waals surface area contributed by atoms with Crippen LogP contribution < -0.4 is 11.1 Å². The van der Waals surface area contributed by atoms with Crippen LogP contribution in [-0.4, -0.2) is 5.91 Å². The molecule has 0 aliphatic carbocycles. The molecule has 1 unspecified atom stereocenters. The number of carbonyl (C=O) groups is 1. The molecule has 0 spiro atoms. The van der Waals surface area contributed by atoms with Gasteiger partial charge in [0, 0.05) is 10.2 Å². The third-order valence-electron chi connectivity index (χ3n) is 3.34. The molecule has 0 saturated heterocycles. The van der Waals surface area contributed by atoms with Gasteiger partial charge in [0.2, 0.25) is 0 Å². The van der Waals surface area contributed by atoms with E-state index in [9.17, 15) is 4.79 Å². The fourth-order valence-corrected chi connectivity index (χ4v) is 2.65. The minimum absolute atomic E-state index is 0.00625. The van der Waals surface area contributed by atoms with Crippen LogP contribution in [0.2, 0.25) is 0 Å². The van der Waals surface area contributed by atoms with Crippen molar-refractivity contribution in [1.82, 2.24) is 5.32 Å². The predicted molar refractivity (Wildman–Crippen MR) is 90.1 cm³/mol. The number of benzene rings is 2. The van der Waals surface area contributed by atoms with Crippen LogP contribution >= 0.6 is 15.9 Å². The van der Waals surface area contributed by atoms with Crippen molar-refractivity contribution >= 4 is 27.5 Å². The van der Waals surface area contributed by atoms with Gasteiger partial charge in [0.05, 0.1) is 11.6 Å². The summed E-state index contributed by atoms with van der Waals surface area (Å²) in [7, 11) is 0. The van der Waals surface area contributed by atoms with Crippen molar-refractivity contribution in [2.24, 2.45) is 0 Å². The Morgan fingerprint density at radius 1 is 1.24 bits per heavy atom. The number of nitrogens with two attached hydrogens (primary N) is 1. The van der Waals surface area contributed by atoms with Crippen molar-refractivity contribution in [2.75, 3.05) is 5.73 Å². The highest BCUT2D eigenvalue weighted by molar-refractivity contribution is 9.10. The van der Waals surface area contributed by atoms with Gasteiger partial charge in [0.25, 0.3) is 5.91 Å². The molecule has 0 radical (unpaired) electrons. The summed E-state index contributed by atoms with van der Waals surface area (Å²) in [5, 5.41) is 3.08. The monoisotopic (exact) mass is 346 g/mol. The molecular weight excluding hydrogens is 328 g/mol. The van der Waals surface area contributed by atoms with Gasteiger partial charge in [-0.15, -0.1) is 0 Å². The molecule has 0 heterocycles. The molecule has 21 heavy (non-hydrogen) atoms. The molecule has 2 aromatic rings. The Kier molecular flexibility index (Phi) is 5.39. The van der Waals surface area contributed by atoms with Crippen LogP contribution in [0.25, 0.3) is 0 Å². The number of amides is 1. The lowest BCUT2D eigenvalue weighted by Gasteiger charge is -2.19. The molecule has 0 aliphatic heterocycles. The van der Waals surface area contributed by atoms with Gasteiger partial charge in [-0.25, -0.2) is 0 Å². The molecule has 0 aromatic heterocycles. The second kappa shape index (κ2) is 7.27. The predicted octanol–water partition coefficient (Wildman–Crippen LogP) is 4.30. The highest BCUT2D eigenvalue weighted by Crippen LogP contribution is 2.22. The smallest absolute Gasteiger partial charge is 0.253 e.